The minimum absolute atomic E-state index is 0.0268. The molecule has 234 valence electrons. The van der Waals surface area contributed by atoms with Crippen molar-refractivity contribution in [3.8, 4) is 0 Å². The number of hydrogen-bond donors (Lipinski definition) is 2. The Kier molecular flexibility index (Phi) is 8.75. The van der Waals surface area contributed by atoms with Gasteiger partial charge in [0.15, 0.2) is 0 Å². The van der Waals surface area contributed by atoms with Crippen LogP contribution in [0, 0.1) is 11.3 Å². The van der Waals surface area contributed by atoms with E-state index in [1.54, 1.807) is 18.2 Å². The third-order valence-electron chi connectivity index (χ3n) is 8.52. The van der Waals surface area contributed by atoms with Gasteiger partial charge < -0.3 is 19.7 Å². The summed E-state index contributed by atoms with van der Waals surface area (Å²) in [6.45, 7) is 2.81. The van der Waals surface area contributed by atoms with Crippen molar-refractivity contribution in [3.05, 3.63) is 99.5 Å². The van der Waals surface area contributed by atoms with Crippen LogP contribution in [0.15, 0.2) is 71.7 Å². The van der Waals surface area contributed by atoms with E-state index in [-0.39, 0.29) is 18.4 Å². The lowest BCUT2D eigenvalue weighted by Crippen LogP contribution is -2.33. The van der Waals surface area contributed by atoms with Crippen molar-refractivity contribution in [3.63, 3.8) is 0 Å². The summed E-state index contributed by atoms with van der Waals surface area (Å²) >= 11 is 0. The predicted octanol–water partition coefficient (Wildman–Crippen LogP) is 6.42. The summed E-state index contributed by atoms with van der Waals surface area (Å²) in [6, 6.07) is 16.2. The lowest BCUT2D eigenvalue weighted by atomic mass is 9.83. The van der Waals surface area contributed by atoms with Crippen LogP contribution in [-0.2, 0) is 33.5 Å². The molecule has 3 aromatic rings. The molecule has 2 aliphatic carbocycles. The number of carbonyl (C=O) groups is 2. The maximum atomic E-state index is 13.8. The second kappa shape index (κ2) is 12.2. The number of esters is 1. The largest absolute Gasteiger partial charge is 0.433 e. The van der Waals surface area contributed by atoms with Crippen molar-refractivity contribution in [2.24, 2.45) is 11.3 Å². The van der Waals surface area contributed by atoms with Gasteiger partial charge >= 0.3 is 12.1 Å². The topological polar surface area (TPSA) is 97.6 Å². The van der Waals surface area contributed by atoms with Gasteiger partial charge in [0, 0.05) is 31.8 Å². The van der Waals surface area contributed by atoms with Crippen molar-refractivity contribution in [1.29, 1.82) is 0 Å². The van der Waals surface area contributed by atoms with Crippen LogP contribution < -0.4 is 10.9 Å². The van der Waals surface area contributed by atoms with Crippen LogP contribution in [0.4, 0.5) is 18.9 Å². The first-order valence-corrected chi connectivity index (χ1v) is 14.9. The molecule has 10 heteroatoms. The number of anilines is 1. The molecule has 1 amide bonds. The van der Waals surface area contributed by atoms with Crippen LogP contribution >= 0.6 is 0 Å². The van der Waals surface area contributed by atoms with Crippen molar-refractivity contribution in [2.45, 2.75) is 83.2 Å². The van der Waals surface area contributed by atoms with Gasteiger partial charge in [0.2, 0.25) is 11.7 Å². The zero-order chi connectivity index (χ0) is 31.7. The third-order valence-corrected chi connectivity index (χ3v) is 8.52. The molecule has 0 saturated heterocycles. The second-order valence-electron chi connectivity index (χ2n) is 12.6. The first-order valence-electron chi connectivity index (χ1n) is 14.9. The average molecular weight is 611 g/mol. The Hall–Kier alpha value is -3.92. The molecule has 2 N–H and O–H groups in total. The van der Waals surface area contributed by atoms with Crippen LogP contribution in [-0.4, -0.2) is 27.3 Å². The van der Waals surface area contributed by atoms with E-state index in [0.717, 1.165) is 59.7 Å². The highest BCUT2D eigenvalue weighted by atomic mass is 19.4. The molecule has 1 unspecified atom stereocenters. The molecule has 7 nitrogen and oxygen atoms in total. The lowest BCUT2D eigenvalue weighted by molar-refractivity contribution is -0.201. The van der Waals surface area contributed by atoms with Gasteiger partial charge in [0.05, 0.1) is 23.4 Å². The van der Waals surface area contributed by atoms with E-state index in [2.05, 4.69) is 5.32 Å². The molecule has 2 aromatic carbocycles. The Morgan fingerprint density at radius 1 is 1.02 bits per heavy atom. The first-order chi connectivity index (χ1) is 20.7. The maximum Gasteiger partial charge on any atom is 0.417 e. The Labute approximate surface area is 254 Å². The third kappa shape index (κ3) is 7.59. The number of halogens is 3. The normalized spacial score (nSPS) is 17.2. The number of carbonyl (C=O) groups excluding carboxylic acids is 2. The molecule has 0 spiro atoms. The highest BCUT2D eigenvalue weighted by Crippen LogP contribution is 2.50. The fourth-order valence-electron chi connectivity index (χ4n) is 6.09. The molecule has 1 heterocycles. The summed E-state index contributed by atoms with van der Waals surface area (Å²) in [5.41, 5.74) is 0.840. The number of hydrogen-bond acceptors (Lipinski definition) is 5. The van der Waals surface area contributed by atoms with E-state index in [9.17, 15) is 32.7 Å². The van der Waals surface area contributed by atoms with Gasteiger partial charge in [-0.1, -0.05) is 49.2 Å². The van der Waals surface area contributed by atoms with Crippen LogP contribution in [0.3, 0.4) is 0 Å². The monoisotopic (exact) mass is 610 g/mol. The van der Waals surface area contributed by atoms with Gasteiger partial charge in [0.1, 0.15) is 0 Å². The molecule has 5 rings (SSSR count). The van der Waals surface area contributed by atoms with Gasteiger partial charge in [-0.05, 0) is 72.9 Å². The van der Waals surface area contributed by atoms with E-state index < -0.39 is 40.4 Å². The Morgan fingerprint density at radius 3 is 2.32 bits per heavy atom. The van der Waals surface area contributed by atoms with Gasteiger partial charge in [-0.2, -0.15) is 13.2 Å². The highest BCUT2D eigenvalue weighted by molar-refractivity contribution is 5.96. The molecule has 0 aliphatic heterocycles. The van der Waals surface area contributed by atoms with E-state index >= 15 is 0 Å². The van der Waals surface area contributed by atoms with Gasteiger partial charge in [-0.15, -0.1) is 0 Å². The molecule has 2 aliphatic rings. The fraction of sp³-hybridized carbons (Fsp3) is 0.441. The number of pyridine rings is 1. The number of aromatic nitrogens is 1. The van der Waals surface area contributed by atoms with Gasteiger partial charge in [-0.3, -0.25) is 14.4 Å². The number of ether oxygens (including phenoxy) is 1. The smallest absolute Gasteiger partial charge is 0.417 e. The summed E-state index contributed by atoms with van der Waals surface area (Å²) in [5.74, 6) is -2.42. The minimum Gasteiger partial charge on any atom is -0.433 e. The SMILES string of the molecule is CC(C)(O)OC(=O)C1(Cc2cccc(NC(=O)C(c3ccc(Cn4cc(C(F)(F)F)ccc4=O)cc3)C3CCCC3)c2)CC1. The summed E-state index contributed by atoms with van der Waals surface area (Å²) in [6.07, 6.45) is 1.92. The molecule has 1 aromatic heterocycles. The van der Waals surface area contributed by atoms with Crippen molar-refractivity contribution in [2.75, 3.05) is 5.32 Å². The van der Waals surface area contributed by atoms with Crippen LogP contribution in [0.25, 0.3) is 0 Å². The zero-order valence-electron chi connectivity index (χ0n) is 24.8. The van der Waals surface area contributed by atoms with E-state index in [0.29, 0.717) is 30.5 Å². The predicted molar refractivity (Wildman–Crippen MR) is 159 cm³/mol. The van der Waals surface area contributed by atoms with Crippen LogP contribution in [0.2, 0.25) is 0 Å². The van der Waals surface area contributed by atoms with E-state index in [4.69, 9.17) is 4.74 Å². The number of nitrogens with one attached hydrogen (secondary N) is 1. The molecule has 44 heavy (non-hydrogen) atoms. The summed E-state index contributed by atoms with van der Waals surface area (Å²) in [5, 5.41) is 13.0. The number of rotatable bonds is 10. The number of alkyl halides is 3. The highest BCUT2D eigenvalue weighted by Gasteiger charge is 2.52. The summed E-state index contributed by atoms with van der Waals surface area (Å²) in [7, 11) is 0. The molecular weight excluding hydrogens is 573 g/mol. The van der Waals surface area contributed by atoms with Crippen molar-refractivity contribution >= 4 is 17.6 Å². The van der Waals surface area contributed by atoms with Gasteiger partial charge in [-0.25, -0.2) is 0 Å². The number of aliphatic hydroxyl groups is 1. The van der Waals surface area contributed by atoms with E-state index in [1.807, 2.05) is 30.3 Å². The Morgan fingerprint density at radius 2 is 1.70 bits per heavy atom. The van der Waals surface area contributed by atoms with Crippen LogP contribution in [0.5, 0.6) is 0 Å². The number of amides is 1. The molecule has 0 radical (unpaired) electrons. The minimum atomic E-state index is -4.55. The summed E-state index contributed by atoms with van der Waals surface area (Å²) in [4.78, 5) is 38.7. The quantitative estimate of drug-likeness (QED) is 0.204. The maximum absolute atomic E-state index is 13.8. The van der Waals surface area contributed by atoms with Crippen molar-refractivity contribution < 1.29 is 32.6 Å². The Bertz CT molecular complexity index is 1560. The standard InChI is InChI=1S/C34H37F3N2O5/c1-32(2,43)44-31(42)33(16-17-33)19-23-6-5-9-27(18-23)38-30(41)29(24-7-3-4-8-24)25-12-10-22(11-13-25)20-39-21-26(34(35,36)37)14-15-28(39)40/h5-6,9-15,18,21,24,29,43H,3-4,7-8,16-17,19-20H2,1-2H3,(H,38,41). The average Bonchev–Trinajstić information content (AvgIpc) is 3.53. The van der Waals surface area contributed by atoms with Crippen LogP contribution in [0.1, 0.15) is 80.5 Å². The lowest BCUT2D eigenvalue weighted by Gasteiger charge is -2.24. The number of benzene rings is 2. The second-order valence-corrected chi connectivity index (χ2v) is 12.6. The molecular formula is C34H37F3N2O5. The number of nitrogens with zero attached hydrogens (tertiary/aromatic N) is 1. The van der Waals surface area contributed by atoms with E-state index in [1.165, 1.54) is 13.8 Å². The molecule has 1 atom stereocenters. The van der Waals surface area contributed by atoms with Gasteiger partial charge in [0.25, 0.3) is 5.56 Å². The summed E-state index contributed by atoms with van der Waals surface area (Å²) < 4.78 is 45.7. The molecule has 0 bridgehead atoms. The first kappa shape index (κ1) is 31.5. The zero-order valence-corrected chi connectivity index (χ0v) is 24.8. The molecule has 2 saturated carbocycles. The molecule has 2 fully saturated rings. The van der Waals surface area contributed by atoms with Crippen molar-refractivity contribution in [1.82, 2.24) is 4.57 Å². The Balaban J connectivity index is 1.31. The fourth-order valence-corrected chi connectivity index (χ4v) is 6.09.